The summed E-state index contributed by atoms with van der Waals surface area (Å²) < 4.78 is 19.1. The summed E-state index contributed by atoms with van der Waals surface area (Å²) in [5, 5.41) is 3.72. The maximum atomic E-state index is 7.33. The third-order valence-electron chi connectivity index (χ3n) is 9.31. The summed E-state index contributed by atoms with van der Waals surface area (Å²) in [6, 6.07) is 32.9. The Kier molecular flexibility index (Phi) is 6.49. The van der Waals surface area contributed by atoms with Crippen LogP contribution in [0.15, 0.2) is 127 Å². The molecule has 6 aromatic rings. The van der Waals surface area contributed by atoms with Crippen LogP contribution in [0, 0.1) is 0 Å². The van der Waals surface area contributed by atoms with Crippen LogP contribution >= 0.6 is 0 Å². The molecule has 4 aliphatic rings. The molecule has 238 valence electrons. The van der Waals surface area contributed by atoms with Gasteiger partial charge in [-0.2, -0.15) is 0 Å². The van der Waals surface area contributed by atoms with Crippen molar-refractivity contribution in [2.75, 3.05) is 13.2 Å². The van der Waals surface area contributed by atoms with Gasteiger partial charge in [-0.3, -0.25) is 0 Å². The molecular formula is C38H30N8O2Sn. The predicted octanol–water partition coefficient (Wildman–Crippen LogP) is 6.22. The van der Waals surface area contributed by atoms with Crippen molar-refractivity contribution < 1.29 is 6.15 Å². The summed E-state index contributed by atoms with van der Waals surface area (Å²) in [4.78, 5) is 31.9. The molecule has 49 heavy (non-hydrogen) atoms. The molecule has 0 atom stereocenters. The fraction of sp³-hybridized carbons (Fsp3) is 0.158. The van der Waals surface area contributed by atoms with Gasteiger partial charge in [0.25, 0.3) is 0 Å². The number of benzene rings is 4. The number of nitrogens with zero attached hydrogens (tertiary/aromatic N) is 8. The molecule has 0 amide bonds. The van der Waals surface area contributed by atoms with E-state index in [4.69, 9.17) is 36.1 Å². The van der Waals surface area contributed by atoms with Crippen molar-refractivity contribution in [3.63, 3.8) is 0 Å². The van der Waals surface area contributed by atoms with Crippen LogP contribution < -0.4 is 11.0 Å². The zero-order valence-corrected chi connectivity index (χ0v) is 29.8. The van der Waals surface area contributed by atoms with Crippen LogP contribution in [-0.2, 0) is 6.15 Å². The molecule has 0 saturated carbocycles. The van der Waals surface area contributed by atoms with Gasteiger partial charge in [-0.1, -0.05) is 0 Å². The average molecular weight is 749 g/mol. The van der Waals surface area contributed by atoms with Gasteiger partial charge in [-0.25, -0.2) is 0 Å². The van der Waals surface area contributed by atoms with Gasteiger partial charge >= 0.3 is 288 Å². The maximum absolute atomic E-state index is 7.33. The third-order valence-corrected chi connectivity index (χ3v) is 18.3. The summed E-state index contributed by atoms with van der Waals surface area (Å²) in [5.41, 5.74) is 5.09. The molecule has 6 bridgehead atoms. The van der Waals surface area contributed by atoms with Crippen LogP contribution in [0.1, 0.15) is 48.9 Å². The van der Waals surface area contributed by atoms with Gasteiger partial charge in [0.05, 0.1) is 0 Å². The van der Waals surface area contributed by atoms with E-state index in [0.29, 0.717) is 59.2 Å². The van der Waals surface area contributed by atoms with Crippen molar-refractivity contribution in [3.8, 4) is 0 Å². The van der Waals surface area contributed by atoms with Crippen LogP contribution in [0.5, 0.6) is 0 Å². The topological polar surface area (TPSA) is 102 Å². The van der Waals surface area contributed by atoms with Gasteiger partial charge in [0.2, 0.25) is 0 Å². The minimum atomic E-state index is -5.10. The summed E-state index contributed by atoms with van der Waals surface area (Å²) >= 11 is -5.10. The second kappa shape index (κ2) is 11.0. The Balaban J connectivity index is 1.53. The van der Waals surface area contributed by atoms with Crippen LogP contribution in [0.25, 0.3) is 21.5 Å². The Labute approximate surface area is 286 Å². The molecule has 10 rings (SSSR count). The number of hydrogen-bond donors (Lipinski definition) is 0. The number of aromatic nitrogens is 2. The van der Waals surface area contributed by atoms with E-state index in [2.05, 4.69) is 68.0 Å². The monoisotopic (exact) mass is 750 g/mol. The summed E-state index contributed by atoms with van der Waals surface area (Å²) in [5.74, 6) is 3.77. The van der Waals surface area contributed by atoms with Crippen molar-refractivity contribution in [2.24, 2.45) is 30.0 Å². The van der Waals surface area contributed by atoms with Gasteiger partial charge in [0.15, 0.2) is 0 Å². The SMILES string of the molecule is CCC[O][Sn]1([O]CCC)[n]2c3c4ccccc4c2N=C2N=C(N=c4c5ccccc5c([n]41)=NC1=NC(=N3)c3ccccc31)c1ccccc12. The first kappa shape index (κ1) is 28.9. The molecule has 2 aromatic heterocycles. The second-order valence-electron chi connectivity index (χ2n) is 12.4. The molecule has 0 fully saturated rings. The third kappa shape index (κ3) is 4.08. The average Bonchev–Trinajstić information content (AvgIpc) is 3.86. The zero-order valence-electron chi connectivity index (χ0n) is 27.0. The summed E-state index contributed by atoms with van der Waals surface area (Å²) in [6.45, 7) is 5.18. The Morgan fingerprint density at radius 3 is 1.22 bits per heavy atom. The first-order chi connectivity index (χ1) is 24.2. The van der Waals surface area contributed by atoms with E-state index in [0.717, 1.165) is 56.6 Å². The Morgan fingerprint density at radius 2 is 0.816 bits per heavy atom. The standard InChI is InChI=1S/C32H16N8.2C3H7O.Sn/c1-2-10-18-17(9-1)25-33-26(18)38-28-21-13-5-6-14-22(21)30(35-28)40-32-24-16-8-7-15-23(24)31(36-32)39-29-20-12-4-3-11-19(20)27(34-29)37-25;2*1-2-3-4;/h1-16H;2*2-3H2,1H3;/q-2;2*-1;+4. The number of fused-ring (bicyclic) bond motifs is 14. The molecule has 0 radical (unpaired) electrons. The zero-order chi connectivity index (χ0) is 32.7. The second-order valence-corrected chi connectivity index (χ2v) is 19.7. The molecule has 10 nitrogen and oxygen atoms in total. The van der Waals surface area contributed by atoms with Crippen LogP contribution in [0.3, 0.4) is 0 Å². The number of amidine groups is 4. The van der Waals surface area contributed by atoms with Crippen molar-refractivity contribution in [1.29, 1.82) is 0 Å². The van der Waals surface area contributed by atoms with E-state index in [1.807, 2.05) is 48.5 Å². The van der Waals surface area contributed by atoms with Gasteiger partial charge < -0.3 is 0 Å². The first-order valence-corrected chi connectivity index (χ1v) is 21.6. The van der Waals surface area contributed by atoms with E-state index >= 15 is 0 Å². The Bertz CT molecular complexity index is 2490. The van der Waals surface area contributed by atoms with Gasteiger partial charge in [0.1, 0.15) is 0 Å². The van der Waals surface area contributed by atoms with Crippen molar-refractivity contribution in [2.45, 2.75) is 26.7 Å². The molecular weight excluding hydrogens is 719 g/mol. The Hall–Kier alpha value is -5.04. The molecule has 0 saturated heterocycles. The Morgan fingerprint density at radius 1 is 0.449 bits per heavy atom. The van der Waals surface area contributed by atoms with E-state index in [-0.39, 0.29) is 0 Å². The fourth-order valence-electron chi connectivity index (χ4n) is 7.20. The van der Waals surface area contributed by atoms with Crippen LogP contribution in [0.4, 0.5) is 11.6 Å². The van der Waals surface area contributed by atoms with Crippen LogP contribution in [0.2, 0.25) is 0 Å². The van der Waals surface area contributed by atoms with E-state index in [9.17, 15) is 0 Å². The molecule has 0 N–H and O–H groups in total. The van der Waals surface area contributed by atoms with Gasteiger partial charge in [-0.15, -0.1) is 0 Å². The predicted molar refractivity (Wildman–Crippen MR) is 194 cm³/mol. The van der Waals surface area contributed by atoms with Crippen molar-refractivity contribution in [1.82, 2.24) is 5.58 Å². The summed E-state index contributed by atoms with van der Waals surface area (Å²) in [7, 11) is 0. The van der Waals surface area contributed by atoms with E-state index in [1.165, 1.54) is 0 Å². The van der Waals surface area contributed by atoms with Crippen LogP contribution in [-0.4, -0.2) is 61.9 Å². The fourth-order valence-corrected chi connectivity index (χ4v) is 17.2. The molecule has 0 aliphatic carbocycles. The number of aliphatic imine (C=N–C) groups is 4. The normalized spacial score (nSPS) is 16.2. The van der Waals surface area contributed by atoms with Crippen molar-refractivity contribution in [3.05, 3.63) is 130 Å². The van der Waals surface area contributed by atoms with E-state index < -0.39 is 19.8 Å². The number of rotatable bonds is 6. The molecule has 11 heteroatoms. The van der Waals surface area contributed by atoms with Crippen molar-refractivity contribution >= 4 is 76.3 Å². The van der Waals surface area contributed by atoms with E-state index in [1.54, 1.807) is 0 Å². The summed E-state index contributed by atoms with van der Waals surface area (Å²) in [6.07, 6.45) is 1.58. The molecule has 0 unspecified atom stereocenters. The molecule has 6 heterocycles. The first-order valence-electron chi connectivity index (χ1n) is 16.7. The molecule has 0 spiro atoms. The van der Waals surface area contributed by atoms with Gasteiger partial charge in [0, 0.05) is 0 Å². The van der Waals surface area contributed by atoms with Gasteiger partial charge in [-0.05, 0) is 0 Å². The minimum absolute atomic E-state index is 0.468. The molecule has 4 aromatic carbocycles. The molecule has 4 aliphatic heterocycles. The quantitative estimate of drug-likeness (QED) is 0.189. The number of hydrogen-bond acceptors (Lipinski definition) is 8.